The van der Waals surface area contributed by atoms with Crippen molar-refractivity contribution in [1.82, 2.24) is 5.32 Å². The number of hydrogen-bond acceptors (Lipinski definition) is 2. The summed E-state index contributed by atoms with van der Waals surface area (Å²) >= 11 is 3.22. The van der Waals surface area contributed by atoms with Gasteiger partial charge in [0.1, 0.15) is 0 Å². The summed E-state index contributed by atoms with van der Waals surface area (Å²) in [5.74, 6) is -0.0565. The lowest BCUT2D eigenvalue weighted by Gasteiger charge is -2.18. The van der Waals surface area contributed by atoms with Crippen LogP contribution in [0.5, 0.6) is 0 Å². The normalized spacial score (nSPS) is 13.5. The molecule has 0 unspecified atom stereocenters. The number of anilines is 1. The molecule has 2 N–H and O–H groups in total. The van der Waals surface area contributed by atoms with Gasteiger partial charge in [0.2, 0.25) is 0 Å². The molecule has 3 nitrogen and oxygen atoms in total. The van der Waals surface area contributed by atoms with Crippen LogP contribution in [0.15, 0.2) is 29.3 Å². The molecule has 0 bridgehead atoms. The first-order valence-electron chi connectivity index (χ1n) is 5.65. The third kappa shape index (κ3) is 3.09. The monoisotopic (exact) mass is 294 g/mol. The molecule has 0 fully saturated rings. The SMILES string of the molecule is C=C(Br)CNC(=O)c1ccc2c(c1)CCCN2. The Morgan fingerprint density at radius 1 is 1.53 bits per heavy atom. The molecular formula is C13H15BrN2O. The maximum absolute atomic E-state index is 11.8. The number of hydrogen-bond donors (Lipinski definition) is 2. The predicted octanol–water partition coefficient (Wildman–Crippen LogP) is 2.68. The third-order valence-corrected chi connectivity index (χ3v) is 3.03. The van der Waals surface area contributed by atoms with E-state index >= 15 is 0 Å². The van der Waals surface area contributed by atoms with Gasteiger partial charge >= 0.3 is 0 Å². The zero-order valence-electron chi connectivity index (χ0n) is 9.55. The van der Waals surface area contributed by atoms with E-state index in [0.717, 1.165) is 29.6 Å². The van der Waals surface area contributed by atoms with E-state index in [1.54, 1.807) is 0 Å². The van der Waals surface area contributed by atoms with E-state index < -0.39 is 0 Å². The molecule has 1 heterocycles. The standard InChI is InChI=1S/C13H15BrN2O/c1-9(14)8-16-13(17)11-4-5-12-10(7-11)3-2-6-15-12/h4-5,7,15H,1-3,6,8H2,(H,16,17). The average molecular weight is 295 g/mol. The molecule has 1 aliphatic rings. The largest absolute Gasteiger partial charge is 0.385 e. The molecule has 4 heteroatoms. The van der Waals surface area contributed by atoms with Gasteiger partial charge < -0.3 is 10.6 Å². The fraction of sp³-hybridized carbons (Fsp3) is 0.308. The minimum absolute atomic E-state index is 0.0565. The van der Waals surface area contributed by atoms with E-state index in [9.17, 15) is 4.79 Å². The molecular weight excluding hydrogens is 280 g/mol. The summed E-state index contributed by atoms with van der Waals surface area (Å²) in [6.07, 6.45) is 2.16. The minimum atomic E-state index is -0.0565. The molecule has 0 spiro atoms. The first-order valence-corrected chi connectivity index (χ1v) is 6.44. The van der Waals surface area contributed by atoms with Crippen molar-refractivity contribution in [2.75, 3.05) is 18.4 Å². The summed E-state index contributed by atoms with van der Waals surface area (Å²) in [6.45, 7) is 5.15. The molecule has 17 heavy (non-hydrogen) atoms. The summed E-state index contributed by atoms with van der Waals surface area (Å²) in [5.41, 5.74) is 3.08. The van der Waals surface area contributed by atoms with Crippen molar-refractivity contribution in [2.24, 2.45) is 0 Å². The number of benzene rings is 1. The number of aryl methyl sites for hydroxylation is 1. The van der Waals surface area contributed by atoms with Crippen LogP contribution >= 0.6 is 15.9 Å². The van der Waals surface area contributed by atoms with Crippen LogP contribution in [0.1, 0.15) is 22.3 Å². The first kappa shape index (κ1) is 12.2. The fourth-order valence-electron chi connectivity index (χ4n) is 1.89. The molecule has 1 amide bonds. The van der Waals surface area contributed by atoms with E-state index in [4.69, 9.17) is 0 Å². The average Bonchev–Trinajstić information content (AvgIpc) is 2.35. The molecule has 1 aliphatic heterocycles. The van der Waals surface area contributed by atoms with E-state index in [1.165, 1.54) is 5.56 Å². The van der Waals surface area contributed by atoms with Gasteiger partial charge in [0.25, 0.3) is 5.91 Å². The Hall–Kier alpha value is -1.29. The van der Waals surface area contributed by atoms with Crippen LogP contribution in [-0.2, 0) is 6.42 Å². The number of nitrogens with one attached hydrogen (secondary N) is 2. The van der Waals surface area contributed by atoms with E-state index in [-0.39, 0.29) is 5.91 Å². The van der Waals surface area contributed by atoms with Crippen molar-refractivity contribution in [2.45, 2.75) is 12.8 Å². The van der Waals surface area contributed by atoms with Gasteiger partial charge in [-0.25, -0.2) is 0 Å². The topological polar surface area (TPSA) is 41.1 Å². The Kier molecular flexibility index (Phi) is 3.84. The van der Waals surface area contributed by atoms with Gasteiger partial charge in [0, 0.05) is 28.8 Å². The number of carbonyl (C=O) groups is 1. The van der Waals surface area contributed by atoms with Gasteiger partial charge in [-0.1, -0.05) is 22.5 Å². The molecule has 90 valence electrons. The van der Waals surface area contributed by atoms with Gasteiger partial charge in [-0.2, -0.15) is 0 Å². The second kappa shape index (κ2) is 5.36. The highest BCUT2D eigenvalue weighted by Gasteiger charge is 2.12. The molecule has 1 aromatic rings. The number of fused-ring (bicyclic) bond motifs is 1. The minimum Gasteiger partial charge on any atom is -0.385 e. The summed E-state index contributed by atoms with van der Waals surface area (Å²) in [4.78, 5) is 11.8. The molecule has 0 radical (unpaired) electrons. The predicted molar refractivity (Wildman–Crippen MR) is 73.7 cm³/mol. The molecule has 0 aromatic heterocycles. The zero-order chi connectivity index (χ0) is 12.3. The zero-order valence-corrected chi connectivity index (χ0v) is 11.1. The van der Waals surface area contributed by atoms with E-state index in [2.05, 4.69) is 33.1 Å². The quantitative estimate of drug-likeness (QED) is 0.900. The van der Waals surface area contributed by atoms with Crippen molar-refractivity contribution >= 4 is 27.5 Å². The number of amides is 1. The summed E-state index contributed by atoms with van der Waals surface area (Å²) in [7, 11) is 0. The maximum atomic E-state index is 11.8. The second-order valence-corrected chi connectivity index (χ2v) is 5.22. The summed E-state index contributed by atoms with van der Waals surface area (Å²) in [6, 6.07) is 5.80. The summed E-state index contributed by atoms with van der Waals surface area (Å²) < 4.78 is 0.769. The van der Waals surface area contributed by atoms with Crippen LogP contribution < -0.4 is 10.6 Å². The number of halogens is 1. The Morgan fingerprint density at radius 2 is 2.35 bits per heavy atom. The van der Waals surface area contributed by atoms with Gasteiger partial charge in [-0.05, 0) is 36.6 Å². The highest BCUT2D eigenvalue weighted by Crippen LogP contribution is 2.22. The van der Waals surface area contributed by atoms with Gasteiger partial charge in [-0.3, -0.25) is 4.79 Å². The van der Waals surface area contributed by atoms with Crippen molar-refractivity contribution in [3.05, 3.63) is 40.4 Å². The van der Waals surface area contributed by atoms with Crippen LogP contribution in [-0.4, -0.2) is 19.0 Å². The number of rotatable bonds is 3. The Labute approximate surface area is 109 Å². The van der Waals surface area contributed by atoms with Crippen molar-refractivity contribution < 1.29 is 4.79 Å². The van der Waals surface area contributed by atoms with Gasteiger partial charge in [0.15, 0.2) is 0 Å². The molecule has 0 saturated heterocycles. The lowest BCUT2D eigenvalue weighted by Crippen LogP contribution is -2.24. The fourth-order valence-corrected chi connectivity index (χ4v) is 2.03. The van der Waals surface area contributed by atoms with Crippen molar-refractivity contribution in [3.63, 3.8) is 0 Å². The van der Waals surface area contributed by atoms with Crippen LogP contribution in [0.25, 0.3) is 0 Å². The molecule has 0 saturated carbocycles. The van der Waals surface area contributed by atoms with E-state index in [1.807, 2.05) is 18.2 Å². The Balaban J connectivity index is 2.11. The molecule has 0 atom stereocenters. The lowest BCUT2D eigenvalue weighted by molar-refractivity contribution is 0.0957. The lowest BCUT2D eigenvalue weighted by atomic mass is 10.0. The van der Waals surface area contributed by atoms with Crippen LogP contribution in [0.4, 0.5) is 5.69 Å². The van der Waals surface area contributed by atoms with Crippen molar-refractivity contribution in [1.29, 1.82) is 0 Å². The maximum Gasteiger partial charge on any atom is 0.251 e. The van der Waals surface area contributed by atoms with Gasteiger partial charge in [-0.15, -0.1) is 0 Å². The Bertz CT molecular complexity index is 457. The van der Waals surface area contributed by atoms with Crippen LogP contribution in [0, 0.1) is 0 Å². The van der Waals surface area contributed by atoms with Crippen molar-refractivity contribution in [3.8, 4) is 0 Å². The van der Waals surface area contributed by atoms with Crippen LogP contribution in [0.2, 0.25) is 0 Å². The smallest absolute Gasteiger partial charge is 0.251 e. The molecule has 1 aromatic carbocycles. The Morgan fingerprint density at radius 3 is 3.12 bits per heavy atom. The van der Waals surface area contributed by atoms with Crippen LogP contribution in [0.3, 0.4) is 0 Å². The van der Waals surface area contributed by atoms with E-state index in [0.29, 0.717) is 12.1 Å². The highest BCUT2D eigenvalue weighted by molar-refractivity contribution is 9.11. The second-order valence-electron chi connectivity index (χ2n) is 4.10. The number of carbonyl (C=O) groups excluding carboxylic acids is 1. The highest BCUT2D eigenvalue weighted by atomic mass is 79.9. The molecule has 0 aliphatic carbocycles. The molecule has 2 rings (SSSR count). The van der Waals surface area contributed by atoms with Gasteiger partial charge in [0.05, 0.1) is 0 Å². The summed E-state index contributed by atoms with van der Waals surface area (Å²) in [5, 5.41) is 6.13. The first-order chi connectivity index (χ1) is 8.16. The third-order valence-electron chi connectivity index (χ3n) is 2.75.